The summed E-state index contributed by atoms with van der Waals surface area (Å²) in [7, 11) is 1.71. The van der Waals surface area contributed by atoms with Gasteiger partial charge in [-0.05, 0) is 13.1 Å². The molecule has 2 atom stereocenters. The molecule has 1 aliphatic heterocycles. The fourth-order valence-electron chi connectivity index (χ4n) is 1.97. The molecule has 1 heterocycles. The normalized spacial score (nSPS) is 22.5. The van der Waals surface area contributed by atoms with Crippen molar-refractivity contribution in [1.82, 2.24) is 5.32 Å². The molecule has 1 aromatic rings. The van der Waals surface area contributed by atoms with E-state index in [4.69, 9.17) is 16.3 Å². The lowest BCUT2D eigenvalue weighted by atomic mass is 10.0. The first-order chi connectivity index (χ1) is 9.02. The van der Waals surface area contributed by atoms with Gasteiger partial charge in [-0.25, -0.2) is 8.78 Å². The second-order valence-corrected chi connectivity index (χ2v) is 4.68. The summed E-state index contributed by atoms with van der Waals surface area (Å²) in [6.45, 7) is 0.659. The second-order valence-electron chi connectivity index (χ2n) is 4.27. The van der Waals surface area contributed by atoms with Crippen molar-refractivity contribution in [3.63, 3.8) is 0 Å². The van der Waals surface area contributed by atoms with Crippen LogP contribution in [0.2, 0.25) is 5.02 Å². The number of rotatable bonds is 3. The van der Waals surface area contributed by atoms with Gasteiger partial charge >= 0.3 is 0 Å². The number of halogens is 3. The smallest absolute Gasteiger partial charge is 0.231 e. The van der Waals surface area contributed by atoms with Gasteiger partial charge in [0.2, 0.25) is 5.91 Å². The Hall–Kier alpha value is -1.24. The van der Waals surface area contributed by atoms with Gasteiger partial charge in [-0.15, -0.1) is 0 Å². The van der Waals surface area contributed by atoms with Gasteiger partial charge in [0.15, 0.2) is 5.82 Å². The summed E-state index contributed by atoms with van der Waals surface area (Å²) in [4.78, 5) is 12.0. The lowest BCUT2D eigenvalue weighted by Gasteiger charge is -2.17. The van der Waals surface area contributed by atoms with Gasteiger partial charge in [0, 0.05) is 12.1 Å². The average molecular weight is 291 g/mol. The second kappa shape index (κ2) is 5.81. The van der Waals surface area contributed by atoms with Crippen LogP contribution in [0, 0.1) is 17.6 Å². The summed E-state index contributed by atoms with van der Waals surface area (Å²) in [5, 5.41) is 5.15. The molecule has 4 nitrogen and oxygen atoms in total. The van der Waals surface area contributed by atoms with E-state index in [1.165, 1.54) is 0 Å². The summed E-state index contributed by atoms with van der Waals surface area (Å²) in [6, 6.07) is 1.48. The third kappa shape index (κ3) is 3.02. The number of ether oxygens (including phenoxy) is 1. The van der Waals surface area contributed by atoms with Crippen molar-refractivity contribution >= 4 is 23.2 Å². The molecule has 1 saturated heterocycles. The molecule has 0 radical (unpaired) electrons. The fraction of sp³-hybridized carbons (Fsp3) is 0.417. The van der Waals surface area contributed by atoms with E-state index in [2.05, 4.69) is 10.6 Å². The molecule has 0 bridgehead atoms. The van der Waals surface area contributed by atoms with Gasteiger partial charge in [0.05, 0.1) is 29.8 Å². The largest absolute Gasteiger partial charge is 0.379 e. The van der Waals surface area contributed by atoms with E-state index in [0.29, 0.717) is 12.7 Å². The summed E-state index contributed by atoms with van der Waals surface area (Å²) >= 11 is 5.71. The SMILES string of the molecule is CNC1COCC1C(=O)Nc1c(F)cc(F)cc1Cl. The van der Waals surface area contributed by atoms with Crippen molar-refractivity contribution < 1.29 is 18.3 Å². The highest BCUT2D eigenvalue weighted by Crippen LogP contribution is 2.27. The highest BCUT2D eigenvalue weighted by Gasteiger charge is 2.33. The van der Waals surface area contributed by atoms with Crippen LogP contribution in [-0.2, 0) is 9.53 Å². The Morgan fingerprint density at radius 2 is 2.16 bits per heavy atom. The Labute approximate surface area is 114 Å². The van der Waals surface area contributed by atoms with Gasteiger partial charge in [-0.2, -0.15) is 0 Å². The Morgan fingerprint density at radius 3 is 2.79 bits per heavy atom. The predicted octanol–water partition coefficient (Wildman–Crippen LogP) is 1.79. The molecule has 2 rings (SSSR count). The van der Waals surface area contributed by atoms with Crippen LogP contribution >= 0.6 is 11.6 Å². The van der Waals surface area contributed by atoms with E-state index in [1.807, 2.05) is 0 Å². The zero-order chi connectivity index (χ0) is 14.0. The van der Waals surface area contributed by atoms with Crippen molar-refractivity contribution in [2.45, 2.75) is 6.04 Å². The van der Waals surface area contributed by atoms with Gasteiger partial charge in [0.1, 0.15) is 5.82 Å². The topological polar surface area (TPSA) is 50.4 Å². The molecular formula is C12H13ClF2N2O2. The molecular weight excluding hydrogens is 278 g/mol. The third-order valence-electron chi connectivity index (χ3n) is 3.04. The molecule has 104 valence electrons. The van der Waals surface area contributed by atoms with Gasteiger partial charge in [0.25, 0.3) is 0 Å². The maximum absolute atomic E-state index is 13.6. The first-order valence-electron chi connectivity index (χ1n) is 5.73. The number of carbonyl (C=O) groups excluding carboxylic acids is 1. The van der Waals surface area contributed by atoms with E-state index in [0.717, 1.165) is 6.07 Å². The molecule has 0 spiro atoms. The highest BCUT2D eigenvalue weighted by atomic mass is 35.5. The van der Waals surface area contributed by atoms with Crippen molar-refractivity contribution in [3.8, 4) is 0 Å². The minimum Gasteiger partial charge on any atom is -0.379 e. The number of carbonyl (C=O) groups is 1. The van der Waals surface area contributed by atoms with E-state index in [-0.39, 0.29) is 23.4 Å². The predicted molar refractivity (Wildman–Crippen MR) is 67.2 cm³/mol. The number of benzene rings is 1. The molecule has 19 heavy (non-hydrogen) atoms. The minimum absolute atomic E-state index is 0.137. The number of nitrogens with one attached hydrogen (secondary N) is 2. The first kappa shape index (κ1) is 14.2. The van der Waals surface area contributed by atoms with Crippen LogP contribution < -0.4 is 10.6 Å². The van der Waals surface area contributed by atoms with Crippen LogP contribution in [-0.4, -0.2) is 32.2 Å². The zero-order valence-corrected chi connectivity index (χ0v) is 10.9. The van der Waals surface area contributed by atoms with Crippen molar-refractivity contribution in [3.05, 3.63) is 28.8 Å². The lowest BCUT2D eigenvalue weighted by Crippen LogP contribution is -2.39. The number of likely N-dealkylation sites (N-methyl/N-ethyl adjacent to an activating group) is 1. The molecule has 0 saturated carbocycles. The van der Waals surface area contributed by atoms with Crippen molar-refractivity contribution in [1.29, 1.82) is 0 Å². The monoisotopic (exact) mass is 290 g/mol. The lowest BCUT2D eigenvalue weighted by molar-refractivity contribution is -0.120. The summed E-state index contributed by atoms with van der Waals surface area (Å²) in [6.07, 6.45) is 0. The standard InChI is InChI=1S/C12H13ClF2N2O2/c1-16-10-5-19-4-7(10)12(18)17-11-8(13)2-6(14)3-9(11)15/h2-3,7,10,16H,4-5H2,1H3,(H,17,18). The van der Waals surface area contributed by atoms with Crippen LogP contribution in [0.15, 0.2) is 12.1 Å². The molecule has 0 aliphatic carbocycles. The molecule has 2 unspecified atom stereocenters. The number of amides is 1. The average Bonchev–Trinajstić information content (AvgIpc) is 2.81. The van der Waals surface area contributed by atoms with Crippen LogP contribution in [0.25, 0.3) is 0 Å². The van der Waals surface area contributed by atoms with Crippen LogP contribution in [0.3, 0.4) is 0 Å². The molecule has 7 heteroatoms. The Kier molecular flexibility index (Phi) is 4.34. The molecule has 1 aliphatic rings. The van der Waals surface area contributed by atoms with Gasteiger partial charge in [-0.1, -0.05) is 11.6 Å². The summed E-state index contributed by atoms with van der Waals surface area (Å²) in [5.41, 5.74) is -0.213. The van der Waals surface area contributed by atoms with Gasteiger partial charge in [-0.3, -0.25) is 4.79 Å². The van der Waals surface area contributed by atoms with Crippen molar-refractivity contribution in [2.24, 2.45) is 5.92 Å². The summed E-state index contributed by atoms with van der Waals surface area (Å²) < 4.78 is 31.6. The zero-order valence-electron chi connectivity index (χ0n) is 10.2. The van der Waals surface area contributed by atoms with Gasteiger partial charge < -0.3 is 15.4 Å². The highest BCUT2D eigenvalue weighted by molar-refractivity contribution is 6.33. The Morgan fingerprint density at radius 1 is 1.42 bits per heavy atom. The first-order valence-corrected chi connectivity index (χ1v) is 6.11. The Balaban J connectivity index is 2.15. The van der Waals surface area contributed by atoms with Crippen LogP contribution in [0.5, 0.6) is 0 Å². The summed E-state index contributed by atoms with van der Waals surface area (Å²) in [5.74, 6) is -2.55. The van der Waals surface area contributed by atoms with E-state index in [1.54, 1.807) is 7.05 Å². The fourth-order valence-corrected chi connectivity index (χ4v) is 2.22. The molecule has 1 fully saturated rings. The van der Waals surface area contributed by atoms with E-state index < -0.39 is 23.5 Å². The maximum Gasteiger partial charge on any atom is 0.231 e. The van der Waals surface area contributed by atoms with Crippen LogP contribution in [0.4, 0.5) is 14.5 Å². The van der Waals surface area contributed by atoms with Crippen LogP contribution in [0.1, 0.15) is 0 Å². The quantitative estimate of drug-likeness (QED) is 0.892. The maximum atomic E-state index is 13.6. The number of hydrogen-bond acceptors (Lipinski definition) is 3. The Bertz CT molecular complexity index is 476. The molecule has 0 aromatic heterocycles. The molecule has 1 aromatic carbocycles. The van der Waals surface area contributed by atoms with Crippen molar-refractivity contribution in [2.75, 3.05) is 25.6 Å². The van der Waals surface area contributed by atoms with E-state index >= 15 is 0 Å². The molecule has 2 N–H and O–H groups in total. The molecule has 1 amide bonds. The minimum atomic E-state index is -0.904. The number of anilines is 1. The number of hydrogen-bond donors (Lipinski definition) is 2. The third-order valence-corrected chi connectivity index (χ3v) is 3.34. The van der Waals surface area contributed by atoms with E-state index in [9.17, 15) is 13.6 Å².